The van der Waals surface area contributed by atoms with Gasteiger partial charge in [0.1, 0.15) is 16.9 Å². The minimum absolute atomic E-state index is 0.106. The first-order valence-electron chi connectivity index (χ1n) is 7.76. The van der Waals surface area contributed by atoms with Crippen LogP contribution in [0.15, 0.2) is 40.8 Å². The maximum absolute atomic E-state index is 13.6. The summed E-state index contributed by atoms with van der Waals surface area (Å²) in [4.78, 5) is 12.7. The molecule has 166 valence electrons. The van der Waals surface area contributed by atoms with E-state index >= 15 is 0 Å². The van der Waals surface area contributed by atoms with Gasteiger partial charge in [0, 0.05) is 22.0 Å². The zero-order chi connectivity index (χ0) is 23.4. The molecule has 0 aliphatic carbocycles. The topological polar surface area (TPSA) is 73.6 Å². The van der Waals surface area contributed by atoms with Crippen LogP contribution in [-0.2, 0) is 16.3 Å². The van der Waals surface area contributed by atoms with E-state index in [4.69, 9.17) is 27.6 Å². The smallest absolute Gasteiger partial charge is 0.452 e. The van der Waals surface area contributed by atoms with E-state index in [0.717, 1.165) is 12.1 Å². The average molecular weight is 507 g/mol. The predicted molar refractivity (Wildman–Crippen MR) is 96.7 cm³/mol. The second-order valence-corrected chi connectivity index (χ2v) is 8.28. The number of carbonyl (C=O) groups is 1. The number of ketones is 1. The Morgan fingerprint density at radius 2 is 1.61 bits per heavy atom. The predicted octanol–water partition coefficient (Wildman–Crippen LogP) is 6.22. The third-order valence-electron chi connectivity index (χ3n) is 3.82. The van der Waals surface area contributed by atoms with Crippen molar-refractivity contribution in [3.63, 3.8) is 0 Å². The lowest BCUT2D eigenvalue weighted by molar-refractivity contribution is -0.137. The number of benzene rings is 2. The third kappa shape index (κ3) is 4.46. The van der Waals surface area contributed by atoms with E-state index in [1.54, 1.807) is 0 Å². The first-order chi connectivity index (χ1) is 14.1. The molecular formula is C17H6Cl2F6O5S. The van der Waals surface area contributed by atoms with Crippen LogP contribution in [0.4, 0.5) is 26.3 Å². The van der Waals surface area contributed by atoms with Crippen molar-refractivity contribution < 1.29 is 48.2 Å². The molecule has 3 rings (SSSR count). The van der Waals surface area contributed by atoms with E-state index < -0.39 is 55.6 Å². The van der Waals surface area contributed by atoms with Gasteiger partial charge >= 0.3 is 21.8 Å². The Labute approximate surface area is 179 Å². The zero-order valence-electron chi connectivity index (χ0n) is 14.4. The van der Waals surface area contributed by atoms with Gasteiger partial charge in [0.2, 0.25) is 5.78 Å². The SMILES string of the molecule is O=C(c1ccc(Cl)cc1Cl)c1oc2cc(OS(=O)(=O)C(F)(F)F)ccc2c1C(F)(F)F. The highest BCUT2D eigenvalue weighted by Crippen LogP contribution is 2.42. The molecule has 31 heavy (non-hydrogen) atoms. The molecule has 0 atom stereocenters. The van der Waals surface area contributed by atoms with E-state index in [9.17, 15) is 39.6 Å². The van der Waals surface area contributed by atoms with E-state index in [0.29, 0.717) is 18.2 Å². The van der Waals surface area contributed by atoms with Crippen molar-refractivity contribution >= 4 is 50.1 Å². The Bertz CT molecular complexity index is 1290. The van der Waals surface area contributed by atoms with Crippen molar-refractivity contribution in [2.45, 2.75) is 11.7 Å². The van der Waals surface area contributed by atoms with E-state index in [1.807, 2.05) is 0 Å². The number of alkyl halides is 6. The standard InChI is InChI=1S/C17H6Cl2F6O5S/c18-7-1-3-9(11(19)5-7)14(26)15-13(16(20,21)22)10-4-2-8(6-12(10)29-15)30-31(27,28)17(23,24)25/h1-6H. The van der Waals surface area contributed by atoms with Crippen molar-refractivity contribution in [1.82, 2.24) is 0 Å². The normalized spacial score (nSPS) is 12.9. The number of fused-ring (bicyclic) bond motifs is 1. The molecule has 0 saturated heterocycles. The maximum atomic E-state index is 13.6. The molecule has 0 amide bonds. The molecule has 3 aromatic rings. The molecule has 0 unspecified atom stereocenters. The van der Waals surface area contributed by atoms with Crippen molar-refractivity contribution in [3.8, 4) is 5.75 Å². The summed E-state index contributed by atoms with van der Waals surface area (Å²) in [7, 11) is -6.08. The van der Waals surface area contributed by atoms with E-state index in [1.165, 1.54) is 6.07 Å². The molecule has 0 saturated carbocycles. The van der Waals surface area contributed by atoms with Crippen LogP contribution in [0.3, 0.4) is 0 Å². The Kier molecular flexibility index (Phi) is 5.70. The molecule has 0 bridgehead atoms. The fourth-order valence-corrected chi connectivity index (χ4v) is 3.49. The van der Waals surface area contributed by atoms with Gasteiger partial charge in [0.25, 0.3) is 0 Å². The van der Waals surface area contributed by atoms with E-state index in [-0.39, 0.29) is 15.6 Å². The zero-order valence-corrected chi connectivity index (χ0v) is 16.8. The van der Waals surface area contributed by atoms with Crippen LogP contribution < -0.4 is 4.18 Å². The number of carbonyl (C=O) groups excluding carboxylic acids is 1. The maximum Gasteiger partial charge on any atom is 0.534 e. The van der Waals surface area contributed by atoms with Gasteiger partial charge in [0.05, 0.1) is 5.02 Å². The van der Waals surface area contributed by atoms with Gasteiger partial charge in [-0.1, -0.05) is 23.2 Å². The summed E-state index contributed by atoms with van der Waals surface area (Å²) in [6, 6.07) is 5.02. The average Bonchev–Trinajstić information content (AvgIpc) is 2.99. The molecule has 0 aliphatic rings. The van der Waals surface area contributed by atoms with Crippen molar-refractivity contribution in [3.05, 3.63) is 63.3 Å². The van der Waals surface area contributed by atoms with Crippen LogP contribution in [0.5, 0.6) is 5.75 Å². The van der Waals surface area contributed by atoms with Crippen molar-refractivity contribution in [2.24, 2.45) is 0 Å². The van der Waals surface area contributed by atoms with Gasteiger partial charge in [-0.3, -0.25) is 4.79 Å². The Morgan fingerprint density at radius 3 is 2.16 bits per heavy atom. The quantitative estimate of drug-likeness (QED) is 0.182. The summed E-state index contributed by atoms with van der Waals surface area (Å²) in [5.41, 5.74) is -8.42. The Hall–Kier alpha value is -2.44. The van der Waals surface area contributed by atoms with Crippen LogP contribution in [0.25, 0.3) is 11.0 Å². The molecule has 1 aromatic heterocycles. The van der Waals surface area contributed by atoms with Crippen molar-refractivity contribution in [2.75, 3.05) is 0 Å². The molecule has 14 heteroatoms. The minimum Gasteiger partial charge on any atom is -0.452 e. The van der Waals surface area contributed by atoms with Gasteiger partial charge in [-0.2, -0.15) is 34.8 Å². The Morgan fingerprint density at radius 1 is 0.968 bits per heavy atom. The third-order valence-corrected chi connectivity index (χ3v) is 5.34. The monoisotopic (exact) mass is 506 g/mol. The second-order valence-electron chi connectivity index (χ2n) is 5.90. The first-order valence-corrected chi connectivity index (χ1v) is 9.92. The first kappa shape index (κ1) is 23.2. The highest BCUT2D eigenvalue weighted by molar-refractivity contribution is 7.88. The van der Waals surface area contributed by atoms with Crippen LogP contribution in [0.1, 0.15) is 21.7 Å². The van der Waals surface area contributed by atoms with Gasteiger partial charge in [-0.05, 0) is 30.3 Å². The summed E-state index contributed by atoms with van der Waals surface area (Å²) in [6.45, 7) is 0. The van der Waals surface area contributed by atoms with E-state index in [2.05, 4.69) is 4.18 Å². The molecule has 0 N–H and O–H groups in total. The number of rotatable bonds is 4. The van der Waals surface area contributed by atoms with Crippen LogP contribution >= 0.6 is 23.2 Å². The molecule has 0 aliphatic heterocycles. The molecule has 5 nitrogen and oxygen atoms in total. The highest BCUT2D eigenvalue weighted by atomic mass is 35.5. The van der Waals surface area contributed by atoms with Crippen molar-refractivity contribution in [1.29, 1.82) is 0 Å². The molecule has 0 spiro atoms. The number of hydrogen-bond donors (Lipinski definition) is 0. The lowest BCUT2D eigenvalue weighted by Gasteiger charge is -2.09. The van der Waals surface area contributed by atoms with Gasteiger partial charge in [-0.25, -0.2) is 0 Å². The van der Waals surface area contributed by atoms with Gasteiger partial charge in [0.15, 0.2) is 5.76 Å². The summed E-state index contributed by atoms with van der Waals surface area (Å²) in [5.74, 6) is -3.46. The van der Waals surface area contributed by atoms with Crippen LogP contribution in [0.2, 0.25) is 10.0 Å². The number of hydrogen-bond acceptors (Lipinski definition) is 5. The van der Waals surface area contributed by atoms with Crippen LogP contribution in [0, 0.1) is 0 Å². The fourth-order valence-electron chi connectivity index (χ4n) is 2.54. The minimum atomic E-state index is -6.08. The highest BCUT2D eigenvalue weighted by Gasteiger charge is 2.48. The molecule has 1 heterocycles. The molecule has 0 fully saturated rings. The summed E-state index contributed by atoms with van der Waals surface area (Å²) >= 11 is 11.6. The van der Waals surface area contributed by atoms with Gasteiger partial charge < -0.3 is 8.60 Å². The Balaban J connectivity index is 2.17. The van der Waals surface area contributed by atoms with Crippen LogP contribution in [-0.4, -0.2) is 19.7 Å². The lowest BCUT2D eigenvalue weighted by Crippen LogP contribution is -2.28. The number of halogens is 8. The van der Waals surface area contributed by atoms with Gasteiger partial charge in [-0.15, -0.1) is 0 Å². The summed E-state index contributed by atoms with van der Waals surface area (Å²) in [5, 5.41) is -0.876. The fraction of sp³-hybridized carbons (Fsp3) is 0.118. The summed E-state index contributed by atoms with van der Waals surface area (Å²) in [6.07, 6.45) is -5.12. The molecule has 2 aromatic carbocycles. The molecule has 0 radical (unpaired) electrons. The largest absolute Gasteiger partial charge is 0.534 e. The number of furan rings is 1. The lowest BCUT2D eigenvalue weighted by atomic mass is 10.0. The molecular weight excluding hydrogens is 501 g/mol. The summed E-state index contributed by atoms with van der Waals surface area (Å²) < 4.78 is 109. The second kappa shape index (κ2) is 7.61.